The number of rotatable bonds is 2. The highest BCUT2D eigenvalue weighted by molar-refractivity contribution is 5.66. The third-order valence-electron chi connectivity index (χ3n) is 2.90. The molecule has 0 saturated heterocycles. The van der Waals surface area contributed by atoms with Crippen LogP contribution < -0.4 is 4.74 Å². The molecule has 3 aromatic rings. The number of fused-ring (bicyclic) bond motifs is 1. The van der Waals surface area contributed by atoms with E-state index in [-0.39, 0.29) is 5.56 Å². The van der Waals surface area contributed by atoms with Crippen molar-refractivity contribution in [2.45, 2.75) is 0 Å². The van der Waals surface area contributed by atoms with Gasteiger partial charge in [-0.05, 0) is 12.1 Å². The first-order valence-corrected chi connectivity index (χ1v) is 5.66. The summed E-state index contributed by atoms with van der Waals surface area (Å²) in [5.41, 5.74) is 1.14. The summed E-state index contributed by atoms with van der Waals surface area (Å²) in [4.78, 5) is 8.10. The van der Waals surface area contributed by atoms with E-state index in [2.05, 4.69) is 9.97 Å². The summed E-state index contributed by atoms with van der Waals surface area (Å²) >= 11 is 0. The summed E-state index contributed by atoms with van der Waals surface area (Å²) in [6.45, 7) is 0. The minimum absolute atomic E-state index is 0.249. The lowest BCUT2D eigenvalue weighted by Crippen LogP contribution is -1.95. The Morgan fingerprint density at radius 1 is 1.20 bits per heavy atom. The fourth-order valence-electron chi connectivity index (χ4n) is 1.97. The molecule has 2 heterocycles. The maximum atomic E-state index is 13.4. The number of ether oxygens (including phenoxy) is 1. The maximum Gasteiger partial charge on any atom is 0.258 e. The molecule has 102 valence electrons. The zero-order valence-corrected chi connectivity index (χ0v) is 10.3. The number of nitrogens with zero attached hydrogens (tertiary/aromatic N) is 3. The molecule has 2 aromatic heterocycles. The number of aromatic nitrogens is 3. The van der Waals surface area contributed by atoms with Crippen LogP contribution in [0.15, 0.2) is 30.7 Å². The van der Waals surface area contributed by atoms with Crippen LogP contribution in [-0.2, 0) is 0 Å². The highest BCUT2D eigenvalue weighted by atomic mass is 19.1. The first kappa shape index (κ1) is 12.3. The van der Waals surface area contributed by atoms with Crippen LogP contribution in [-0.4, -0.2) is 26.6 Å². The normalized spacial score (nSPS) is 10.9. The summed E-state index contributed by atoms with van der Waals surface area (Å²) in [6.07, 6.45) is 4.54. The lowest BCUT2D eigenvalue weighted by molar-refractivity contribution is 0.396. The van der Waals surface area contributed by atoms with E-state index >= 15 is 0 Å². The van der Waals surface area contributed by atoms with Crippen molar-refractivity contribution in [2.75, 3.05) is 7.11 Å². The number of halogens is 2. The van der Waals surface area contributed by atoms with E-state index < -0.39 is 17.4 Å². The number of methoxy groups -OCH3 is 1. The molecule has 0 atom stereocenters. The van der Waals surface area contributed by atoms with Gasteiger partial charge >= 0.3 is 0 Å². The molecule has 7 heteroatoms. The summed E-state index contributed by atoms with van der Waals surface area (Å²) in [6, 6.07) is 2.07. The van der Waals surface area contributed by atoms with Crippen LogP contribution in [0.5, 0.6) is 11.6 Å². The first-order chi connectivity index (χ1) is 9.61. The molecular formula is C13H9F2N3O2. The van der Waals surface area contributed by atoms with Crippen molar-refractivity contribution in [3.8, 4) is 22.9 Å². The van der Waals surface area contributed by atoms with Crippen LogP contribution in [0.3, 0.4) is 0 Å². The van der Waals surface area contributed by atoms with E-state index in [9.17, 15) is 8.78 Å². The lowest BCUT2D eigenvalue weighted by Gasteiger charge is -2.05. The monoisotopic (exact) mass is 277 g/mol. The van der Waals surface area contributed by atoms with Crippen LogP contribution in [0.2, 0.25) is 0 Å². The molecule has 0 amide bonds. The minimum atomic E-state index is -1.03. The Hall–Kier alpha value is -2.70. The molecular weight excluding hydrogens is 268 g/mol. The van der Waals surface area contributed by atoms with Crippen LogP contribution in [0.1, 0.15) is 0 Å². The largest absolute Gasteiger partial charge is 0.503 e. The molecule has 3 rings (SSSR count). The Bertz CT molecular complexity index is 778. The van der Waals surface area contributed by atoms with Crippen LogP contribution in [0.25, 0.3) is 16.9 Å². The minimum Gasteiger partial charge on any atom is -0.503 e. The SMILES string of the molecule is COc1nccn2c(-c3cc(F)c(O)c(F)c3)cnc12. The predicted molar refractivity (Wildman–Crippen MR) is 66.6 cm³/mol. The van der Waals surface area contributed by atoms with Gasteiger partial charge in [0, 0.05) is 18.0 Å². The van der Waals surface area contributed by atoms with Crippen molar-refractivity contribution < 1.29 is 18.6 Å². The number of hydrogen-bond donors (Lipinski definition) is 1. The second kappa shape index (κ2) is 4.44. The average Bonchev–Trinajstić information content (AvgIpc) is 2.88. The van der Waals surface area contributed by atoms with Crippen molar-refractivity contribution in [2.24, 2.45) is 0 Å². The third kappa shape index (κ3) is 1.75. The molecule has 1 N–H and O–H groups in total. The number of phenolic OH excluding ortho intramolecular Hbond substituents is 1. The zero-order chi connectivity index (χ0) is 14.3. The molecule has 0 bridgehead atoms. The summed E-state index contributed by atoms with van der Waals surface area (Å²) in [7, 11) is 1.45. The molecule has 0 unspecified atom stereocenters. The molecule has 0 spiro atoms. The van der Waals surface area contributed by atoms with Gasteiger partial charge in [0.1, 0.15) is 0 Å². The standard InChI is InChI=1S/C13H9F2N3O2/c1-20-13-12-17-6-10(18(12)3-2-16-13)7-4-8(14)11(19)9(15)5-7/h2-6,19H,1H3. The van der Waals surface area contributed by atoms with Gasteiger partial charge in [0.2, 0.25) is 5.65 Å². The Balaban J connectivity index is 2.25. The molecule has 0 radical (unpaired) electrons. The fraction of sp³-hybridized carbons (Fsp3) is 0.0769. The van der Waals surface area contributed by atoms with Gasteiger partial charge in [-0.25, -0.2) is 18.7 Å². The van der Waals surface area contributed by atoms with Gasteiger partial charge < -0.3 is 9.84 Å². The third-order valence-corrected chi connectivity index (χ3v) is 2.90. The number of hydrogen-bond acceptors (Lipinski definition) is 4. The van der Waals surface area contributed by atoms with Crippen molar-refractivity contribution in [3.05, 3.63) is 42.4 Å². The van der Waals surface area contributed by atoms with Crippen molar-refractivity contribution in [3.63, 3.8) is 0 Å². The molecule has 1 aromatic carbocycles. The fourth-order valence-corrected chi connectivity index (χ4v) is 1.97. The van der Waals surface area contributed by atoms with Crippen LogP contribution in [0.4, 0.5) is 8.78 Å². The van der Waals surface area contributed by atoms with E-state index in [0.29, 0.717) is 17.2 Å². The molecule has 0 aliphatic heterocycles. The van der Waals surface area contributed by atoms with Gasteiger partial charge in [-0.2, -0.15) is 0 Å². The Kier molecular flexibility index (Phi) is 2.74. The Morgan fingerprint density at radius 2 is 1.90 bits per heavy atom. The van der Waals surface area contributed by atoms with E-state index in [0.717, 1.165) is 12.1 Å². The van der Waals surface area contributed by atoms with Crippen molar-refractivity contribution in [1.82, 2.24) is 14.4 Å². The Labute approximate surface area is 112 Å². The molecule has 0 aliphatic carbocycles. The lowest BCUT2D eigenvalue weighted by atomic mass is 10.1. The summed E-state index contributed by atoms with van der Waals surface area (Å²) in [5.74, 6) is -2.76. The maximum absolute atomic E-state index is 13.4. The number of phenols is 1. The van der Waals surface area contributed by atoms with Gasteiger partial charge in [-0.1, -0.05) is 0 Å². The van der Waals surface area contributed by atoms with Gasteiger partial charge in [0.15, 0.2) is 17.4 Å². The number of benzene rings is 1. The highest BCUT2D eigenvalue weighted by Gasteiger charge is 2.15. The van der Waals surface area contributed by atoms with Gasteiger partial charge in [-0.15, -0.1) is 0 Å². The molecule has 0 saturated carbocycles. The van der Waals surface area contributed by atoms with Gasteiger partial charge in [0.05, 0.1) is 19.0 Å². The average molecular weight is 277 g/mol. The van der Waals surface area contributed by atoms with Gasteiger partial charge in [0.25, 0.3) is 5.88 Å². The van der Waals surface area contributed by atoms with Crippen molar-refractivity contribution in [1.29, 1.82) is 0 Å². The second-order valence-corrected chi connectivity index (χ2v) is 4.06. The highest BCUT2D eigenvalue weighted by Crippen LogP contribution is 2.29. The van der Waals surface area contributed by atoms with Crippen LogP contribution in [0, 0.1) is 11.6 Å². The quantitative estimate of drug-likeness (QED) is 0.781. The molecule has 0 fully saturated rings. The van der Waals surface area contributed by atoms with Gasteiger partial charge in [-0.3, -0.25) is 4.40 Å². The topological polar surface area (TPSA) is 59.7 Å². The zero-order valence-electron chi connectivity index (χ0n) is 10.3. The summed E-state index contributed by atoms with van der Waals surface area (Å²) in [5, 5.41) is 9.12. The summed E-state index contributed by atoms with van der Waals surface area (Å²) < 4.78 is 33.5. The van der Waals surface area contributed by atoms with Crippen molar-refractivity contribution >= 4 is 5.65 Å². The Morgan fingerprint density at radius 3 is 2.55 bits per heavy atom. The smallest absolute Gasteiger partial charge is 0.258 e. The molecule has 5 nitrogen and oxygen atoms in total. The second-order valence-electron chi connectivity index (χ2n) is 4.06. The van der Waals surface area contributed by atoms with E-state index in [1.165, 1.54) is 19.5 Å². The van der Waals surface area contributed by atoms with E-state index in [1.807, 2.05) is 0 Å². The van der Waals surface area contributed by atoms with E-state index in [4.69, 9.17) is 9.84 Å². The first-order valence-electron chi connectivity index (χ1n) is 5.66. The van der Waals surface area contributed by atoms with Crippen LogP contribution >= 0.6 is 0 Å². The predicted octanol–water partition coefficient (Wildman–Crippen LogP) is 2.39. The number of imidazole rings is 1. The number of aromatic hydroxyl groups is 1. The van der Waals surface area contributed by atoms with E-state index in [1.54, 1.807) is 10.6 Å². The molecule has 20 heavy (non-hydrogen) atoms. The molecule has 0 aliphatic rings.